The van der Waals surface area contributed by atoms with Gasteiger partial charge in [-0.05, 0) is 42.3 Å². The number of para-hydroxylation sites is 1. The number of hydrogen-bond acceptors (Lipinski definition) is 5. The molecule has 2 aromatic carbocycles. The van der Waals surface area contributed by atoms with E-state index in [4.69, 9.17) is 14.5 Å². The van der Waals surface area contributed by atoms with E-state index in [-0.39, 0.29) is 0 Å². The molecule has 3 aromatic rings. The Labute approximate surface area is 166 Å². The van der Waals surface area contributed by atoms with Crippen molar-refractivity contribution in [1.29, 1.82) is 0 Å². The topological polar surface area (TPSA) is 37.8 Å². The summed E-state index contributed by atoms with van der Waals surface area (Å²) in [6.07, 6.45) is 0. The van der Waals surface area contributed by atoms with Crippen molar-refractivity contribution in [3.05, 3.63) is 48.5 Å². The van der Waals surface area contributed by atoms with Gasteiger partial charge in [0.15, 0.2) is 0 Å². The van der Waals surface area contributed by atoms with Gasteiger partial charge in [-0.25, -0.2) is 4.98 Å². The largest absolute Gasteiger partial charge is 0.497 e. The highest BCUT2D eigenvalue weighted by atomic mass is 16.5. The maximum absolute atomic E-state index is 5.58. The summed E-state index contributed by atoms with van der Waals surface area (Å²) in [4.78, 5) is 9.97. The van der Waals surface area contributed by atoms with Crippen LogP contribution in [0.15, 0.2) is 48.5 Å². The van der Waals surface area contributed by atoms with Gasteiger partial charge >= 0.3 is 0 Å². The van der Waals surface area contributed by atoms with Gasteiger partial charge in [-0.2, -0.15) is 0 Å². The predicted octanol–water partition coefficient (Wildman–Crippen LogP) is 4.06. The van der Waals surface area contributed by atoms with Crippen molar-refractivity contribution in [1.82, 2.24) is 9.88 Å². The summed E-state index contributed by atoms with van der Waals surface area (Å²) in [5, 5.41) is 2.28. The number of benzene rings is 2. The van der Waals surface area contributed by atoms with Crippen molar-refractivity contribution in [2.75, 3.05) is 51.8 Å². The second kappa shape index (κ2) is 8.07. The lowest BCUT2D eigenvalue weighted by molar-refractivity contribution is 0.271. The summed E-state index contributed by atoms with van der Waals surface area (Å²) in [7, 11) is 3.41. The molecule has 5 nitrogen and oxygen atoms in total. The molecule has 4 rings (SSSR count). The number of piperazine rings is 1. The van der Waals surface area contributed by atoms with Gasteiger partial charge in [-0.3, -0.25) is 0 Å². The van der Waals surface area contributed by atoms with Crippen LogP contribution >= 0.6 is 0 Å². The highest BCUT2D eigenvalue weighted by Gasteiger charge is 2.21. The summed E-state index contributed by atoms with van der Waals surface area (Å²) < 4.78 is 11.1. The van der Waals surface area contributed by atoms with E-state index < -0.39 is 0 Å². The zero-order valence-electron chi connectivity index (χ0n) is 16.8. The summed E-state index contributed by atoms with van der Waals surface area (Å²) in [5.41, 5.74) is 1.94. The molecule has 0 N–H and O–H groups in total. The molecule has 2 heterocycles. The Morgan fingerprint density at radius 1 is 0.929 bits per heavy atom. The first-order chi connectivity index (χ1) is 13.7. The number of hydrogen-bond donors (Lipinski definition) is 0. The standard InChI is InChI=1S/C23H27N3O2/c1-4-25-11-13-26(14-12-25)23-20-16-18(27-2)10-9-17(20)15-21(24-23)19-7-5-6-8-22(19)28-3/h5-10,15-16H,4,11-14H2,1-3H3. The van der Waals surface area contributed by atoms with E-state index in [1.807, 2.05) is 24.3 Å². The molecule has 1 aliphatic rings. The van der Waals surface area contributed by atoms with Crippen molar-refractivity contribution in [2.45, 2.75) is 6.92 Å². The average Bonchev–Trinajstić information content (AvgIpc) is 2.78. The van der Waals surface area contributed by atoms with Gasteiger partial charge in [0, 0.05) is 37.1 Å². The zero-order valence-corrected chi connectivity index (χ0v) is 16.8. The lowest BCUT2D eigenvalue weighted by Gasteiger charge is -2.35. The molecule has 0 radical (unpaired) electrons. The fourth-order valence-corrected chi connectivity index (χ4v) is 3.85. The van der Waals surface area contributed by atoms with Gasteiger partial charge < -0.3 is 19.3 Å². The Hall–Kier alpha value is -2.79. The fraction of sp³-hybridized carbons (Fsp3) is 0.348. The molecule has 1 aromatic heterocycles. The number of likely N-dealkylation sites (N-methyl/N-ethyl adjacent to an activating group) is 1. The lowest BCUT2D eigenvalue weighted by atomic mass is 10.0. The third-order valence-electron chi connectivity index (χ3n) is 5.52. The van der Waals surface area contributed by atoms with Crippen LogP contribution in [0.2, 0.25) is 0 Å². The van der Waals surface area contributed by atoms with E-state index in [1.165, 1.54) is 0 Å². The van der Waals surface area contributed by atoms with Crippen LogP contribution in [0.4, 0.5) is 5.82 Å². The number of ether oxygens (including phenoxy) is 2. The summed E-state index contributed by atoms with van der Waals surface area (Å²) >= 11 is 0. The Morgan fingerprint density at radius 2 is 1.71 bits per heavy atom. The zero-order chi connectivity index (χ0) is 19.5. The number of methoxy groups -OCH3 is 2. The fourth-order valence-electron chi connectivity index (χ4n) is 3.85. The molecular weight excluding hydrogens is 350 g/mol. The third kappa shape index (κ3) is 3.50. The molecule has 1 saturated heterocycles. The van der Waals surface area contributed by atoms with E-state index in [0.29, 0.717) is 0 Å². The van der Waals surface area contributed by atoms with Crippen LogP contribution < -0.4 is 14.4 Å². The number of pyridine rings is 1. The minimum atomic E-state index is 0.838. The van der Waals surface area contributed by atoms with Gasteiger partial charge in [0.2, 0.25) is 0 Å². The lowest BCUT2D eigenvalue weighted by Crippen LogP contribution is -2.46. The van der Waals surface area contributed by atoms with Gasteiger partial charge in [-0.1, -0.05) is 25.1 Å². The van der Waals surface area contributed by atoms with Gasteiger partial charge in [-0.15, -0.1) is 0 Å². The quantitative estimate of drug-likeness (QED) is 0.670. The van der Waals surface area contributed by atoms with E-state index in [9.17, 15) is 0 Å². The number of rotatable bonds is 5. The summed E-state index contributed by atoms with van der Waals surface area (Å²) in [5.74, 6) is 2.71. The minimum Gasteiger partial charge on any atom is -0.497 e. The van der Waals surface area contributed by atoms with E-state index in [2.05, 4.69) is 41.0 Å². The molecule has 0 unspecified atom stereocenters. The minimum absolute atomic E-state index is 0.838. The van der Waals surface area contributed by atoms with E-state index in [1.54, 1.807) is 14.2 Å². The Kier molecular flexibility index (Phi) is 5.35. The molecule has 0 bridgehead atoms. The van der Waals surface area contributed by atoms with E-state index in [0.717, 1.165) is 72.1 Å². The van der Waals surface area contributed by atoms with Gasteiger partial charge in [0.25, 0.3) is 0 Å². The number of aromatic nitrogens is 1. The molecule has 1 aliphatic heterocycles. The van der Waals surface area contributed by atoms with Crippen LogP contribution in [0.1, 0.15) is 6.92 Å². The first-order valence-electron chi connectivity index (χ1n) is 9.83. The van der Waals surface area contributed by atoms with Crippen molar-refractivity contribution < 1.29 is 9.47 Å². The normalized spacial score (nSPS) is 15.0. The van der Waals surface area contributed by atoms with Crippen molar-refractivity contribution >= 4 is 16.6 Å². The number of fused-ring (bicyclic) bond motifs is 1. The molecular formula is C23H27N3O2. The smallest absolute Gasteiger partial charge is 0.137 e. The van der Waals surface area contributed by atoms with Crippen LogP contribution in [-0.2, 0) is 0 Å². The van der Waals surface area contributed by atoms with Crippen LogP contribution in [0, 0.1) is 0 Å². The number of anilines is 1. The molecule has 146 valence electrons. The summed E-state index contributed by atoms with van der Waals surface area (Å²) in [6.45, 7) is 7.38. The second-order valence-electron chi connectivity index (χ2n) is 7.04. The van der Waals surface area contributed by atoms with E-state index >= 15 is 0 Å². The molecule has 0 atom stereocenters. The first kappa shape index (κ1) is 18.6. The maximum atomic E-state index is 5.58. The highest BCUT2D eigenvalue weighted by molar-refractivity contribution is 5.96. The average molecular weight is 377 g/mol. The first-order valence-corrected chi connectivity index (χ1v) is 9.83. The van der Waals surface area contributed by atoms with Gasteiger partial charge in [0.05, 0.1) is 19.9 Å². The van der Waals surface area contributed by atoms with Crippen LogP contribution in [0.25, 0.3) is 22.0 Å². The molecule has 0 aliphatic carbocycles. The monoisotopic (exact) mass is 377 g/mol. The van der Waals surface area contributed by atoms with Crippen LogP contribution in [-0.4, -0.2) is 56.8 Å². The number of nitrogens with zero attached hydrogens (tertiary/aromatic N) is 3. The van der Waals surface area contributed by atoms with Crippen LogP contribution in [0.5, 0.6) is 11.5 Å². The molecule has 1 fully saturated rings. The SMILES string of the molecule is CCN1CCN(c2nc(-c3ccccc3OC)cc3ccc(OC)cc23)CC1. The second-order valence-corrected chi connectivity index (χ2v) is 7.04. The molecule has 0 saturated carbocycles. The summed E-state index contributed by atoms with van der Waals surface area (Å²) in [6, 6.07) is 16.4. The Bertz CT molecular complexity index is 965. The predicted molar refractivity (Wildman–Crippen MR) is 115 cm³/mol. The molecule has 0 spiro atoms. The molecule has 28 heavy (non-hydrogen) atoms. The highest BCUT2D eigenvalue weighted by Crippen LogP contribution is 2.35. The van der Waals surface area contributed by atoms with Crippen molar-refractivity contribution in [3.63, 3.8) is 0 Å². The Balaban J connectivity index is 1.85. The molecule has 5 heteroatoms. The van der Waals surface area contributed by atoms with Gasteiger partial charge in [0.1, 0.15) is 17.3 Å². The Morgan fingerprint density at radius 3 is 2.43 bits per heavy atom. The van der Waals surface area contributed by atoms with Crippen molar-refractivity contribution in [3.8, 4) is 22.8 Å². The third-order valence-corrected chi connectivity index (χ3v) is 5.52. The van der Waals surface area contributed by atoms with Crippen LogP contribution in [0.3, 0.4) is 0 Å². The van der Waals surface area contributed by atoms with Crippen molar-refractivity contribution in [2.24, 2.45) is 0 Å². The maximum Gasteiger partial charge on any atom is 0.137 e. The molecule has 0 amide bonds.